The van der Waals surface area contributed by atoms with Gasteiger partial charge in [0.1, 0.15) is 0 Å². The fraction of sp³-hybridized carbons (Fsp3) is 0.286. The normalized spacial score (nSPS) is 26.8. The summed E-state index contributed by atoms with van der Waals surface area (Å²) in [5.74, 6) is 1.05. The molecule has 1 fully saturated rings. The van der Waals surface area contributed by atoms with Crippen molar-refractivity contribution < 1.29 is 4.79 Å². The molecular weight excluding hydrogens is 292 g/mol. The lowest BCUT2D eigenvalue weighted by Gasteiger charge is -2.31. The summed E-state index contributed by atoms with van der Waals surface area (Å²) in [7, 11) is 0. The maximum absolute atomic E-state index is 11.8. The molecule has 2 atom stereocenters. The van der Waals surface area contributed by atoms with E-state index in [1.54, 1.807) is 12.1 Å². The largest absolute Gasteiger partial charge is 0.271 e. The number of hydrazone groups is 1. The Bertz CT molecular complexity index is 533. The van der Waals surface area contributed by atoms with Crippen molar-refractivity contribution in [2.75, 3.05) is 0 Å². The lowest BCUT2D eigenvalue weighted by molar-refractivity contribution is 0.0954. The fourth-order valence-corrected chi connectivity index (χ4v) is 2.71. The van der Waals surface area contributed by atoms with Crippen molar-refractivity contribution in [3.8, 4) is 0 Å². The van der Waals surface area contributed by atoms with Gasteiger partial charge in [-0.25, -0.2) is 5.43 Å². The van der Waals surface area contributed by atoms with E-state index in [0.717, 1.165) is 28.9 Å². The highest BCUT2D eigenvalue weighted by atomic mass is 79.9. The number of nitrogens with one attached hydrogen (secondary N) is 1. The van der Waals surface area contributed by atoms with Crippen molar-refractivity contribution in [1.82, 2.24) is 5.43 Å². The van der Waals surface area contributed by atoms with Crippen LogP contribution in [0.4, 0.5) is 0 Å². The summed E-state index contributed by atoms with van der Waals surface area (Å²) in [5, 5.41) is 4.23. The molecule has 0 heterocycles. The molecule has 2 aliphatic carbocycles. The molecule has 0 saturated heterocycles. The Morgan fingerprint density at radius 3 is 2.83 bits per heavy atom. The van der Waals surface area contributed by atoms with E-state index >= 15 is 0 Å². The smallest absolute Gasteiger partial charge is 0.267 e. The van der Waals surface area contributed by atoms with Gasteiger partial charge in [0.25, 0.3) is 5.91 Å². The molecule has 1 aromatic carbocycles. The number of carbonyl (C=O) groups is 1. The van der Waals surface area contributed by atoms with E-state index in [1.807, 2.05) is 12.1 Å². The minimum atomic E-state index is -0.152. The number of rotatable bonds is 2. The van der Waals surface area contributed by atoms with Crippen LogP contribution in [0.1, 0.15) is 23.2 Å². The molecule has 4 heteroatoms. The molecule has 0 aromatic heterocycles. The van der Waals surface area contributed by atoms with Crippen LogP contribution >= 0.6 is 15.9 Å². The van der Waals surface area contributed by atoms with Crippen LogP contribution < -0.4 is 5.43 Å². The molecule has 0 aliphatic heterocycles. The van der Waals surface area contributed by atoms with Gasteiger partial charge in [0.2, 0.25) is 0 Å². The fourth-order valence-electron chi connectivity index (χ4n) is 2.45. The molecule has 1 amide bonds. The first-order chi connectivity index (χ1) is 8.74. The van der Waals surface area contributed by atoms with Gasteiger partial charge in [-0.15, -0.1) is 0 Å². The Morgan fingerprint density at radius 2 is 2.11 bits per heavy atom. The number of halogens is 1. The van der Waals surface area contributed by atoms with Crippen molar-refractivity contribution >= 4 is 27.5 Å². The number of amides is 1. The second kappa shape index (κ2) is 4.69. The standard InChI is InChI=1S/C14H13BrN2O/c15-11-6-4-9(5-7-11)14(18)17-16-13-8-10-2-1-3-12(10)13/h1,3-7,10,12H,2,8H2,(H,17,18)/b16-13-/t10-,12-/m0/s1. The highest BCUT2D eigenvalue weighted by Crippen LogP contribution is 2.40. The number of hydrogen-bond donors (Lipinski definition) is 1. The van der Waals surface area contributed by atoms with Crippen molar-refractivity contribution in [3.63, 3.8) is 0 Å². The maximum Gasteiger partial charge on any atom is 0.271 e. The van der Waals surface area contributed by atoms with Crippen LogP contribution in [0.2, 0.25) is 0 Å². The molecule has 3 rings (SSSR count). The summed E-state index contributed by atoms with van der Waals surface area (Å²) < 4.78 is 0.961. The first-order valence-corrected chi connectivity index (χ1v) is 6.82. The summed E-state index contributed by atoms with van der Waals surface area (Å²) in [4.78, 5) is 11.8. The second-order valence-electron chi connectivity index (χ2n) is 4.70. The van der Waals surface area contributed by atoms with Crippen LogP contribution in [0.25, 0.3) is 0 Å². The first-order valence-electron chi connectivity index (χ1n) is 6.03. The predicted molar refractivity (Wildman–Crippen MR) is 74.4 cm³/mol. The predicted octanol–water partition coefficient (Wildman–Crippen LogP) is 3.13. The number of benzene rings is 1. The van der Waals surface area contributed by atoms with Crippen LogP contribution in [0.5, 0.6) is 0 Å². The Kier molecular flexibility index (Phi) is 3.04. The molecule has 92 valence electrons. The van der Waals surface area contributed by atoms with Crippen molar-refractivity contribution in [3.05, 3.63) is 46.5 Å². The lowest BCUT2D eigenvalue weighted by atomic mass is 9.74. The second-order valence-corrected chi connectivity index (χ2v) is 5.62. The molecule has 0 bridgehead atoms. The summed E-state index contributed by atoms with van der Waals surface area (Å²) in [6.45, 7) is 0. The molecule has 1 saturated carbocycles. The van der Waals surface area contributed by atoms with E-state index in [1.165, 1.54) is 0 Å². The van der Waals surface area contributed by atoms with E-state index in [0.29, 0.717) is 11.5 Å². The van der Waals surface area contributed by atoms with Crippen LogP contribution in [0.15, 0.2) is 46.0 Å². The highest BCUT2D eigenvalue weighted by molar-refractivity contribution is 9.10. The van der Waals surface area contributed by atoms with Crippen molar-refractivity contribution in [2.45, 2.75) is 12.8 Å². The van der Waals surface area contributed by atoms with Crippen molar-refractivity contribution in [2.24, 2.45) is 16.9 Å². The Hall–Kier alpha value is -1.42. The average molecular weight is 305 g/mol. The molecule has 2 aliphatic rings. The number of hydrogen-bond acceptors (Lipinski definition) is 2. The minimum Gasteiger partial charge on any atom is -0.267 e. The summed E-state index contributed by atoms with van der Waals surface area (Å²) >= 11 is 3.34. The number of nitrogens with zero attached hydrogens (tertiary/aromatic N) is 1. The van der Waals surface area contributed by atoms with Crippen LogP contribution in [0.3, 0.4) is 0 Å². The molecule has 0 spiro atoms. The van der Waals surface area contributed by atoms with E-state index in [-0.39, 0.29) is 5.91 Å². The summed E-state index contributed by atoms with van der Waals surface area (Å²) in [6.07, 6.45) is 6.57. The van der Waals surface area contributed by atoms with Gasteiger partial charge in [-0.05, 0) is 43.0 Å². The van der Waals surface area contributed by atoms with Crippen LogP contribution in [-0.2, 0) is 0 Å². The number of carbonyl (C=O) groups excluding carboxylic acids is 1. The van der Waals surface area contributed by atoms with E-state index < -0.39 is 0 Å². The molecule has 0 unspecified atom stereocenters. The van der Waals surface area contributed by atoms with E-state index in [9.17, 15) is 4.79 Å². The van der Waals surface area contributed by atoms with Gasteiger partial charge in [0, 0.05) is 21.7 Å². The van der Waals surface area contributed by atoms with Gasteiger partial charge < -0.3 is 0 Å². The van der Waals surface area contributed by atoms with Gasteiger partial charge in [0.15, 0.2) is 0 Å². The van der Waals surface area contributed by atoms with Crippen LogP contribution in [0, 0.1) is 11.8 Å². The van der Waals surface area contributed by atoms with Gasteiger partial charge in [-0.1, -0.05) is 28.1 Å². The quantitative estimate of drug-likeness (QED) is 0.662. The first kappa shape index (κ1) is 11.7. The molecule has 18 heavy (non-hydrogen) atoms. The SMILES string of the molecule is O=C(N/N=C1/C[C@@H]2CC=C[C@H]12)c1ccc(Br)cc1. The molecule has 1 aromatic rings. The van der Waals surface area contributed by atoms with Crippen molar-refractivity contribution in [1.29, 1.82) is 0 Å². The minimum absolute atomic E-state index is 0.152. The third-order valence-corrected chi connectivity index (χ3v) is 4.08. The van der Waals surface area contributed by atoms with Gasteiger partial charge in [-0.3, -0.25) is 4.79 Å². The average Bonchev–Trinajstić information content (AvgIpc) is 2.72. The third kappa shape index (κ3) is 2.12. The maximum atomic E-state index is 11.8. The topological polar surface area (TPSA) is 41.5 Å². The Morgan fingerprint density at radius 1 is 1.33 bits per heavy atom. The van der Waals surface area contributed by atoms with Crippen LogP contribution in [-0.4, -0.2) is 11.6 Å². The molecule has 3 nitrogen and oxygen atoms in total. The monoisotopic (exact) mass is 304 g/mol. The zero-order valence-electron chi connectivity index (χ0n) is 9.77. The highest BCUT2D eigenvalue weighted by Gasteiger charge is 2.37. The van der Waals surface area contributed by atoms with Gasteiger partial charge in [-0.2, -0.15) is 5.10 Å². The molecule has 0 radical (unpaired) electrons. The Labute approximate surface area is 114 Å². The summed E-state index contributed by atoms with van der Waals surface area (Å²) in [5.41, 5.74) is 4.35. The zero-order valence-corrected chi connectivity index (χ0v) is 11.4. The summed E-state index contributed by atoms with van der Waals surface area (Å²) in [6, 6.07) is 7.25. The Balaban J connectivity index is 1.63. The van der Waals surface area contributed by atoms with E-state index in [2.05, 4.69) is 38.6 Å². The van der Waals surface area contributed by atoms with E-state index in [4.69, 9.17) is 0 Å². The number of allylic oxidation sites excluding steroid dienone is 2. The third-order valence-electron chi connectivity index (χ3n) is 3.55. The zero-order chi connectivity index (χ0) is 12.5. The number of fused-ring (bicyclic) bond motifs is 1. The van der Waals surface area contributed by atoms with Gasteiger partial charge in [0.05, 0.1) is 0 Å². The molecular formula is C14H13BrN2O. The van der Waals surface area contributed by atoms with Gasteiger partial charge >= 0.3 is 0 Å². The lowest BCUT2D eigenvalue weighted by Crippen LogP contribution is -2.35. The molecule has 1 N–H and O–H groups in total.